The van der Waals surface area contributed by atoms with Gasteiger partial charge in [-0.3, -0.25) is 14.4 Å². The van der Waals surface area contributed by atoms with Crippen molar-refractivity contribution in [3.8, 4) is 0 Å². The molecular weight excluding hydrogens is 316 g/mol. The van der Waals surface area contributed by atoms with E-state index in [0.717, 1.165) is 0 Å². The van der Waals surface area contributed by atoms with Crippen molar-refractivity contribution in [1.82, 2.24) is 10.6 Å². The molecule has 14 N–H and O–H groups in total. The molecule has 11 heteroatoms. The standard InChI is InChI=1S/C13H30N8O3/c1-8(18)9(22)20-7-13(4-16,5-17)11(24)21-6-12(2-14,3-15)10(19)23/h8H,2-7,14-18H2,1H3,(H2,19,23)(H,20,22)(H,21,24)/t8-/m0/s1. The largest absolute Gasteiger partial charge is 0.369 e. The smallest absolute Gasteiger partial charge is 0.236 e. The third kappa shape index (κ3) is 5.11. The van der Waals surface area contributed by atoms with Crippen LogP contribution in [0.15, 0.2) is 0 Å². The van der Waals surface area contributed by atoms with Crippen molar-refractivity contribution < 1.29 is 14.4 Å². The van der Waals surface area contributed by atoms with Crippen molar-refractivity contribution in [2.45, 2.75) is 13.0 Å². The Balaban J connectivity index is 5.09. The van der Waals surface area contributed by atoms with Crippen molar-refractivity contribution in [2.24, 2.45) is 45.2 Å². The van der Waals surface area contributed by atoms with Gasteiger partial charge < -0.3 is 45.0 Å². The second-order valence-corrected chi connectivity index (χ2v) is 5.93. The first kappa shape index (κ1) is 22.2. The summed E-state index contributed by atoms with van der Waals surface area (Å²) in [5.41, 5.74) is 30.7. The molecule has 0 fully saturated rings. The lowest BCUT2D eigenvalue weighted by Crippen LogP contribution is -2.61. The number of carbonyl (C=O) groups excluding carboxylic acids is 3. The summed E-state index contributed by atoms with van der Waals surface area (Å²) in [7, 11) is 0. The molecule has 0 bridgehead atoms. The van der Waals surface area contributed by atoms with Gasteiger partial charge in [0.2, 0.25) is 17.7 Å². The maximum atomic E-state index is 12.5. The van der Waals surface area contributed by atoms with Gasteiger partial charge in [0.05, 0.1) is 16.9 Å². The Morgan fingerprint density at radius 2 is 1.29 bits per heavy atom. The maximum Gasteiger partial charge on any atom is 0.236 e. The fourth-order valence-corrected chi connectivity index (χ4v) is 1.86. The van der Waals surface area contributed by atoms with Crippen LogP contribution in [0.3, 0.4) is 0 Å². The molecule has 0 aliphatic rings. The topological polar surface area (TPSA) is 231 Å². The number of primary amides is 1. The SMILES string of the molecule is C[C@H](N)C(=O)NCC(CN)(CN)C(=O)NCC(CN)(CN)C(N)=O. The lowest BCUT2D eigenvalue weighted by molar-refractivity contribution is -0.132. The van der Waals surface area contributed by atoms with Crippen LogP contribution in [-0.4, -0.2) is 63.0 Å². The first-order valence-corrected chi connectivity index (χ1v) is 7.56. The zero-order valence-corrected chi connectivity index (χ0v) is 14.0. The van der Waals surface area contributed by atoms with Crippen molar-refractivity contribution in [2.75, 3.05) is 39.3 Å². The molecule has 0 aliphatic heterocycles. The summed E-state index contributed by atoms with van der Waals surface area (Å²) in [6.45, 7) is 0.758. The van der Waals surface area contributed by atoms with Gasteiger partial charge in [-0.2, -0.15) is 0 Å². The first-order valence-electron chi connectivity index (χ1n) is 7.56. The van der Waals surface area contributed by atoms with E-state index < -0.39 is 34.6 Å². The normalized spacial score (nSPS) is 13.2. The number of amides is 3. The Kier molecular flexibility index (Phi) is 8.78. The quantitative estimate of drug-likeness (QED) is 0.180. The maximum absolute atomic E-state index is 12.5. The Morgan fingerprint density at radius 1 is 0.875 bits per heavy atom. The van der Waals surface area contributed by atoms with E-state index in [0.29, 0.717) is 0 Å². The Labute approximate surface area is 141 Å². The number of hydrogen-bond acceptors (Lipinski definition) is 8. The highest BCUT2D eigenvalue weighted by Gasteiger charge is 2.40. The van der Waals surface area contributed by atoms with Gasteiger partial charge in [-0.15, -0.1) is 0 Å². The van der Waals surface area contributed by atoms with Gasteiger partial charge >= 0.3 is 0 Å². The minimum absolute atomic E-state index is 0.0962. The van der Waals surface area contributed by atoms with Crippen LogP contribution >= 0.6 is 0 Å². The predicted molar refractivity (Wildman–Crippen MR) is 89.9 cm³/mol. The Morgan fingerprint density at radius 3 is 1.62 bits per heavy atom. The van der Waals surface area contributed by atoms with Gasteiger partial charge in [0, 0.05) is 39.3 Å². The van der Waals surface area contributed by atoms with E-state index >= 15 is 0 Å². The van der Waals surface area contributed by atoms with E-state index in [1.807, 2.05) is 0 Å². The van der Waals surface area contributed by atoms with Crippen LogP contribution < -0.4 is 45.0 Å². The molecule has 0 saturated carbocycles. The Hall–Kier alpha value is -1.79. The van der Waals surface area contributed by atoms with E-state index in [2.05, 4.69) is 10.6 Å². The highest BCUT2D eigenvalue weighted by molar-refractivity contribution is 5.87. The summed E-state index contributed by atoms with van der Waals surface area (Å²) in [5.74, 6) is -1.70. The van der Waals surface area contributed by atoms with Gasteiger partial charge in [-0.1, -0.05) is 0 Å². The average molecular weight is 346 g/mol. The molecule has 0 spiro atoms. The summed E-state index contributed by atoms with van der Waals surface area (Å²) in [6, 6.07) is -0.738. The van der Waals surface area contributed by atoms with E-state index in [1.165, 1.54) is 6.92 Å². The zero-order chi connectivity index (χ0) is 19.0. The van der Waals surface area contributed by atoms with Gasteiger partial charge in [0.1, 0.15) is 0 Å². The van der Waals surface area contributed by atoms with Gasteiger partial charge in [-0.25, -0.2) is 0 Å². The molecule has 0 aromatic heterocycles. The summed E-state index contributed by atoms with van der Waals surface area (Å²) >= 11 is 0. The minimum Gasteiger partial charge on any atom is -0.369 e. The number of hydrogen-bond donors (Lipinski definition) is 8. The minimum atomic E-state index is -1.26. The molecule has 0 aromatic rings. The monoisotopic (exact) mass is 346 g/mol. The molecule has 0 radical (unpaired) electrons. The molecule has 140 valence electrons. The second kappa shape index (κ2) is 9.49. The van der Waals surface area contributed by atoms with Crippen molar-refractivity contribution in [3.63, 3.8) is 0 Å². The van der Waals surface area contributed by atoms with Crippen LogP contribution in [0.2, 0.25) is 0 Å². The van der Waals surface area contributed by atoms with E-state index in [4.69, 9.17) is 34.4 Å². The first-order chi connectivity index (χ1) is 11.1. The zero-order valence-electron chi connectivity index (χ0n) is 14.0. The molecular formula is C13H30N8O3. The van der Waals surface area contributed by atoms with Crippen molar-refractivity contribution >= 4 is 17.7 Å². The number of rotatable bonds is 11. The molecule has 1 atom stereocenters. The van der Waals surface area contributed by atoms with Crippen molar-refractivity contribution in [3.05, 3.63) is 0 Å². The average Bonchev–Trinajstić information content (AvgIpc) is 2.56. The van der Waals surface area contributed by atoms with Gasteiger partial charge in [0.25, 0.3) is 0 Å². The lowest BCUT2D eigenvalue weighted by atomic mass is 9.84. The fraction of sp³-hybridized carbons (Fsp3) is 0.769. The molecule has 0 saturated heterocycles. The summed E-state index contributed by atoms with van der Waals surface area (Å²) in [5, 5.41) is 5.09. The highest BCUT2D eigenvalue weighted by Crippen LogP contribution is 2.16. The van der Waals surface area contributed by atoms with Crippen LogP contribution in [0.4, 0.5) is 0 Å². The number of nitrogens with one attached hydrogen (secondary N) is 2. The van der Waals surface area contributed by atoms with Crippen LogP contribution in [0, 0.1) is 10.8 Å². The second-order valence-electron chi connectivity index (χ2n) is 5.93. The van der Waals surface area contributed by atoms with Crippen LogP contribution in [0.5, 0.6) is 0 Å². The van der Waals surface area contributed by atoms with E-state index in [1.54, 1.807) is 0 Å². The van der Waals surface area contributed by atoms with E-state index in [-0.39, 0.29) is 39.3 Å². The van der Waals surface area contributed by atoms with Crippen LogP contribution in [0.1, 0.15) is 6.92 Å². The Bertz CT molecular complexity index is 446. The van der Waals surface area contributed by atoms with Crippen LogP contribution in [0.25, 0.3) is 0 Å². The molecule has 0 aromatic carbocycles. The lowest BCUT2D eigenvalue weighted by Gasteiger charge is -2.33. The highest BCUT2D eigenvalue weighted by atomic mass is 16.2. The molecule has 11 nitrogen and oxygen atoms in total. The third-order valence-electron chi connectivity index (χ3n) is 4.17. The summed E-state index contributed by atoms with van der Waals surface area (Å²) < 4.78 is 0. The molecule has 24 heavy (non-hydrogen) atoms. The summed E-state index contributed by atoms with van der Waals surface area (Å²) in [6.07, 6.45) is 0. The number of nitrogens with two attached hydrogens (primary N) is 6. The molecule has 0 heterocycles. The molecule has 0 rings (SSSR count). The fourth-order valence-electron chi connectivity index (χ4n) is 1.86. The van der Waals surface area contributed by atoms with Gasteiger partial charge in [-0.05, 0) is 6.92 Å². The van der Waals surface area contributed by atoms with Crippen LogP contribution in [-0.2, 0) is 14.4 Å². The third-order valence-corrected chi connectivity index (χ3v) is 4.17. The van der Waals surface area contributed by atoms with Crippen molar-refractivity contribution in [1.29, 1.82) is 0 Å². The van der Waals surface area contributed by atoms with E-state index in [9.17, 15) is 14.4 Å². The predicted octanol–water partition coefficient (Wildman–Crippen LogP) is -5.14. The van der Waals surface area contributed by atoms with Gasteiger partial charge in [0.15, 0.2) is 0 Å². The molecule has 3 amide bonds. The molecule has 0 unspecified atom stereocenters. The summed E-state index contributed by atoms with van der Waals surface area (Å²) in [4.78, 5) is 35.7. The molecule has 0 aliphatic carbocycles. The number of carbonyl (C=O) groups is 3.